The van der Waals surface area contributed by atoms with E-state index >= 15 is 0 Å². The zero-order valence-electron chi connectivity index (χ0n) is 10.1. The lowest BCUT2D eigenvalue weighted by Crippen LogP contribution is -2.36. The molecule has 0 heterocycles. The predicted molar refractivity (Wildman–Crippen MR) is 70.2 cm³/mol. The van der Waals surface area contributed by atoms with Gasteiger partial charge in [-0.15, -0.1) is 0 Å². The van der Waals surface area contributed by atoms with Gasteiger partial charge in [0, 0.05) is 5.54 Å². The van der Waals surface area contributed by atoms with Crippen LogP contribution >= 0.6 is 15.9 Å². The van der Waals surface area contributed by atoms with Crippen LogP contribution in [0, 0.1) is 5.82 Å². The van der Waals surface area contributed by atoms with Crippen molar-refractivity contribution in [3.05, 3.63) is 34.1 Å². The molecule has 0 aliphatic rings. The molecule has 1 N–H and O–H groups in total. The summed E-state index contributed by atoms with van der Waals surface area (Å²) in [5, 5.41) is 3.39. The molecule has 0 bridgehead atoms. The van der Waals surface area contributed by atoms with Crippen LogP contribution in [0.25, 0.3) is 0 Å². The van der Waals surface area contributed by atoms with Crippen LogP contribution < -0.4 is 5.32 Å². The number of aryl methyl sites for hydroxylation is 1. The molecule has 90 valence electrons. The van der Waals surface area contributed by atoms with Crippen LogP contribution in [0.2, 0.25) is 0 Å². The molecular formula is C13H19BrFN. The number of benzene rings is 1. The van der Waals surface area contributed by atoms with Gasteiger partial charge in [-0.25, -0.2) is 4.39 Å². The molecule has 0 spiro atoms. The first kappa shape index (κ1) is 13.7. The predicted octanol–water partition coefficient (Wildman–Crippen LogP) is 3.91. The van der Waals surface area contributed by atoms with E-state index < -0.39 is 0 Å². The summed E-state index contributed by atoms with van der Waals surface area (Å²) < 4.78 is 14.1. The number of nitrogens with one attached hydrogen (secondary N) is 1. The van der Waals surface area contributed by atoms with E-state index in [1.807, 2.05) is 12.1 Å². The van der Waals surface area contributed by atoms with Gasteiger partial charge in [-0.2, -0.15) is 0 Å². The zero-order valence-corrected chi connectivity index (χ0v) is 11.7. The number of hydrogen-bond acceptors (Lipinski definition) is 1. The van der Waals surface area contributed by atoms with E-state index in [0.717, 1.165) is 24.9 Å². The van der Waals surface area contributed by atoms with Gasteiger partial charge in [-0.1, -0.05) is 12.1 Å². The minimum absolute atomic E-state index is 0.127. The maximum absolute atomic E-state index is 13.6. The van der Waals surface area contributed by atoms with Gasteiger partial charge in [0.05, 0.1) is 4.47 Å². The third-order valence-electron chi connectivity index (χ3n) is 2.31. The summed E-state index contributed by atoms with van der Waals surface area (Å²) in [6.45, 7) is 7.31. The van der Waals surface area contributed by atoms with E-state index in [4.69, 9.17) is 0 Å². The molecule has 1 aromatic carbocycles. The highest BCUT2D eigenvalue weighted by Crippen LogP contribution is 2.19. The molecule has 0 unspecified atom stereocenters. The van der Waals surface area contributed by atoms with E-state index in [9.17, 15) is 4.39 Å². The van der Waals surface area contributed by atoms with Gasteiger partial charge in [0.25, 0.3) is 0 Å². The molecule has 1 rings (SSSR count). The average molecular weight is 288 g/mol. The topological polar surface area (TPSA) is 12.0 Å². The van der Waals surface area contributed by atoms with Crippen LogP contribution in [0.3, 0.4) is 0 Å². The average Bonchev–Trinajstić information content (AvgIpc) is 2.17. The maximum Gasteiger partial charge on any atom is 0.140 e. The fourth-order valence-electron chi connectivity index (χ4n) is 1.48. The Labute approximate surface area is 106 Å². The molecule has 0 saturated heterocycles. The van der Waals surface area contributed by atoms with Gasteiger partial charge in [0.1, 0.15) is 5.82 Å². The van der Waals surface area contributed by atoms with E-state index in [-0.39, 0.29) is 11.4 Å². The fourth-order valence-corrected chi connectivity index (χ4v) is 1.89. The first-order valence-corrected chi connectivity index (χ1v) is 6.37. The van der Waals surface area contributed by atoms with Crippen molar-refractivity contribution in [2.45, 2.75) is 39.2 Å². The van der Waals surface area contributed by atoms with Crippen molar-refractivity contribution in [1.82, 2.24) is 5.32 Å². The Kier molecular flexibility index (Phi) is 4.93. The highest BCUT2D eigenvalue weighted by Gasteiger charge is 2.09. The lowest BCUT2D eigenvalue weighted by molar-refractivity contribution is 0.421. The SMILES string of the molecule is CC(C)(C)NCCCc1cccc(Br)c1F. The molecular weight excluding hydrogens is 269 g/mol. The molecule has 0 aliphatic carbocycles. The molecule has 0 amide bonds. The Morgan fingerprint density at radius 1 is 1.31 bits per heavy atom. The Morgan fingerprint density at radius 2 is 2.00 bits per heavy atom. The van der Waals surface area contributed by atoms with Gasteiger partial charge in [-0.3, -0.25) is 0 Å². The summed E-state index contributed by atoms with van der Waals surface area (Å²) in [7, 11) is 0. The molecule has 0 saturated carbocycles. The monoisotopic (exact) mass is 287 g/mol. The van der Waals surface area contributed by atoms with Gasteiger partial charge in [-0.05, 0) is 67.7 Å². The molecule has 1 nitrogen and oxygen atoms in total. The second-order valence-electron chi connectivity index (χ2n) is 4.99. The number of rotatable bonds is 4. The highest BCUT2D eigenvalue weighted by molar-refractivity contribution is 9.10. The Hall–Kier alpha value is -0.410. The van der Waals surface area contributed by atoms with E-state index in [1.165, 1.54) is 0 Å². The number of halogens is 2. The summed E-state index contributed by atoms with van der Waals surface area (Å²) in [6, 6.07) is 5.45. The minimum Gasteiger partial charge on any atom is -0.312 e. The lowest BCUT2D eigenvalue weighted by Gasteiger charge is -2.20. The largest absolute Gasteiger partial charge is 0.312 e. The second kappa shape index (κ2) is 5.78. The summed E-state index contributed by atoms with van der Waals surface area (Å²) in [4.78, 5) is 0. The van der Waals surface area contributed by atoms with Crippen LogP contribution in [0.5, 0.6) is 0 Å². The van der Waals surface area contributed by atoms with Crippen molar-refractivity contribution < 1.29 is 4.39 Å². The number of hydrogen-bond donors (Lipinski definition) is 1. The van der Waals surface area contributed by atoms with Crippen molar-refractivity contribution in [3.8, 4) is 0 Å². The van der Waals surface area contributed by atoms with Gasteiger partial charge in [0.15, 0.2) is 0 Å². The van der Waals surface area contributed by atoms with E-state index in [0.29, 0.717) is 4.47 Å². The Morgan fingerprint density at radius 3 is 2.62 bits per heavy atom. The molecule has 3 heteroatoms. The van der Waals surface area contributed by atoms with E-state index in [2.05, 4.69) is 42.0 Å². The lowest BCUT2D eigenvalue weighted by atomic mass is 10.1. The van der Waals surface area contributed by atoms with Gasteiger partial charge in [0.2, 0.25) is 0 Å². The summed E-state index contributed by atoms with van der Waals surface area (Å²) in [5.41, 5.74) is 0.917. The Bertz CT molecular complexity index is 344. The standard InChI is InChI=1S/C13H19BrFN/c1-13(2,3)16-9-5-7-10-6-4-8-11(14)12(10)15/h4,6,8,16H,5,7,9H2,1-3H3. The third-order valence-corrected chi connectivity index (χ3v) is 2.92. The van der Waals surface area contributed by atoms with Crippen LogP contribution in [0.1, 0.15) is 32.8 Å². The summed E-state index contributed by atoms with van der Waals surface area (Å²) in [6.07, 6.45) is 1.72. The maximum atomic E-state index is 13.6. The molecule has 1 aromatic rings. The smallest absolute Gasteiger partial charge is 0.140 e. The van der Waals surface area contributed by atoms with Crippen LogP contribution in [-0.4, -0.2) is 12.1 Å². The van der Waals surface area contributed by atoms with Crippen LogP contribution in [0.4, 0.5) is 4.39 Å². The summed E-state index contributed by atoms with van der Waals surface area (Å²) in [5.74, 6) is -0.127. The van der Waals surface area contributed by atoms with Crippen molar-refractivity contribution in [2.24, 2.45) is 0 Å². The Balaban J connectivity index is 2.41. The van der Waals surface area contributed by atoms with Gasteiger partial charge >= 0.3 is 0 Å². The van der Waals surface area contributed by atoms with Crippen LogP contribution in [0.15, 0.2) is 22.7 Å². The van der Waals surface area contributed by atoms with Crippen molar-refractivity contribution in [3.63, 3.8) is 0 Å². The fraction of sp³-hybridized carbons (Fsp3) is 0.538. The third kappa shape index (κ3) is 4.62. The first-order valence-electron chi connectivity index (χ1n) is 5.58. The summed E-state index contributed by atoms with van der Waals surface area (Å²) >= 11 is 3.20. The second-order valence-corrected chi connectivity index (χ2v) is 5.85. The van der Waals surface area contributed by atoms with Crippen molar-refractivity contribution >= 4 is 15.9 Å². The van der Waals surface area contributed by atoms with Crippen LogP contribution in [-0.2, 0) is 6.42 Å². The van der Waals surface area contributed by atoms with Crippen molar-refractivity contribution in [1.29, 1.82) is 0 Å². The molecule has 16 heavy (non-hydrogen) atoms. The molecule has 0 aromatic heterocycles. The first-order chi connectivity index (χ1) is 7.40. The minimum atomic E-state index is -0.127. The van der Waals surface area contributed by atoms with Gasteiger partial charge < -0.3 is 5.32 Å². The molecule has 0 fully saturated rings. The quantitative estimate of drug-likeness (QED) is 0.828. The highest BCUT2D eigenvalue weighted by atomic mass is 79.9. The molecule has 0 aliphatic heterocycles. The van der Waals surface area contributed by atoms with E-state index in [1.54, 1.807) is 6.07 Å². The molecule has 0 atom stereocenters. The normalized spacial score (nSPS) is 11.8. The molecule has 0 radical (unpaired) electrons. The van der Waals surface area contributed by atoms with Crippen molar-refractivity contribution in [2.75, 3.05) is 6.54 Å². The zero-order chi connectivity index (χ0) is 12.2.